The van der Waals surface area contributed by atoms with Crippen molar-refractivity contribution >= 4 is 55.8 Å². The fraction of sp³-hybridized carbons (Fsp3) is 0. The van der Waals surface area contributed by atoms with Crippen molar-refractivity contribution < 1.29 is 9.59 Å². The van der Waals surface area contributed by atoms with Crippen LogP contribution in [0.25, 0.3) is 10.2 Å². The Balaban J connectivity index is 1.53. The topological polar surface area (TPSA) is 71.1 Å². The normalized spacial score (nSPS) is 10.6. The number of nitrogens with zero attached hydrogens (tertiary/aromatic N) is 1. The van der Waals surface area contributed by atoms with Crippen LogP contribution in [0.5, 0.6) is 0 Å². The molecule has 7 heteroatoms. The van der Waals surface area contributed by atoms with Gasteiger partial charge < -0.3 is 5.32 Å². The van der Waals surface area contributed by atoms with E-state index in [9.17, 15) is 9.59 Å². The highest BCUT2D eigenvalue weighted by molar-refractivity contribution is 7.22. The van der Waals surface area contributed by atoms with Gasteiger partial charge in [0, 0.05) is 11.3 Å². The molecule has 0 fully saturated rings. The lowest BCUT2D eigenvalue weighted by Crippen LogP contribution is -2.12. The van der Waals surface area contributed by atoms with Crippen molar-refractivity contribution in [1.82, 2.24) is 4.98 Å². The summed E-state index contributed by atoms with van der Waals surface area (Å²) in [5.74, 6) is -0.501. The van der Waals surface area contributed by atoms with Gasteiger partial charge in [-0.25, -0.2) is 4.98 Å². The zero-order valence-corrected chi connectivity index (χ0v) is 16.1. The molecule has 0 unspecified atom stereocenters. The predicted molar refractivity (Wildman–Crippen MR) is 113 cm³/mol. The molecule has 1 aromatic heterocycles. The summed E-state index contributed by atoms with van der Waals surface area (Å²) in [6.45, 7) is 0. The Morgan fingerprint density at radius 3 is 2.39 bits per heavy atom. The second-order valence-electron chi connectivity index (χ2n) is 5.96. The number of carbonyl (C=O) groups excluding carboxylic acids is 2. The fourth-order valence-corrected chi connectivity index (χ4v) is 3.78. The number of carbonyl (C=O) groups is 2. The number of nitrogens with one attached hydrogen (secondary N) is 2. The summed E-state index contributed by atoms with van der Waals surface area (Å²) in [6, 6.07) is 21.2. The number of benzene rings is 3. The average molecular weight is 408 g/mol. The van der Waals surface area contributed by atoms with E-state index in [1.807, 2.05) is 12.1 Å². The Bertz CT molecular complexity index is 1170. The van der Waals surface area contributed by atoms with Crippen molar-refractivity contribution in [2.75, 3.05) is 10.6 Å². The summed E-state index contributed by atoms with van der Waals surface area (Å²) in [7, 11) is 0. The van der Waals surface area contributed by atoms with Crippen molar-refractivity contribution in [3.63, 3.8) is 0 Å². The largest absolute Gasteiger partial charge is 0.322 e. The molecule has 0 radical (unpaired) electrons. The first-order chi connectivity index (χ1) is 13.6. The van der Waals surface area contributed by atoms with Crippen LogP contribution in [-0.2, 0) is 0 Å². The Hall–Kier alpha value is -3.22. The second-order valence-corrected chi connectivity index (χ2v) is 7.39. The van der Waals surface area contributed by atoms with Gasteiger partial charge in [-0.2, -0.15) is 0 Å². The van der Waals surface area contributed by atoms with E-state index in [1.165, 1.54) is 11.3 Å². The van der Waals surface area contributed by atoms with E-state index >= 15 is 0 Å². The molecule has 2 N–H and O–H groups in total. The highest BCUT2D eigenvalue weighted by Crippen LogP contribution is 2.29. The number of hydrogen-bond acceptors (Lipinski definition) is 4. The fourth-order valence-electron chi connectivity index (χ4n) is 2.66. The van der Waals surface area contributed by atoms with Crippen LogP contribution in [0.1, 0.15) is 20.7 Å². The third-order valence-electron chi connectivity index (χ3n) is 4.02. The summed E-state index contributed by atoms with van der Waals surface area (Å²) >= 11 is 7.41. The van der Waals surface area contributed by atoms with Gasteiger partial charge in [0.1, 0.15) is 0 Å². The molecule has 4 rings (SSSR count). The number of amides is 2. The lowest BCUT2D eigenvalue weighted by Gasteiger charge is -2.06. The Morgan fingerprint density at radius 2 is 1.61 bits per heavy atom. The Kier molecular flexibility index (Phi) is 5.06. The molecule has 0 aliphatic heterocycles. The van der Waals surface area contributed by atoms with Crippen molar-refractivity contribution in [2.45, 2.75) is 0 Å². The Morgan fingerprint density at radius 1 is 0.857 bits per heavy atom. The third kappa shape index (κ3) is 3.88. The minimum Gasteiger partial charge on any atom is -0.322 e. The minimum absolute atomic E-state index is 0.216. The number of aromatic nitrogens is 1. The van der Waals surface area contributed by atoms with Crippen LogP contribution in [-0.4, -0.2) is 16.8 Å². The number of anilines is 2. The number of thiazole rings is 1. The molecule has 0 bridgehead atoms. The van der Waals surface area contributed by atoms with E-state index in [1.54, 1.807) is 60.7 Å². The van der Waals surface area contributed by atoms with Gasteiger partial charge in [-0.3, -0.25) is 14.9 Å². The molecule has 2 amide bonds. The molecule has 4 aromatic rings. The van der Waals surface area contributed by atoms with Crippen LogP contribution < -0.4 is 10.6 Å². The first-order valence-corrected chi connectivity index (χ1v) is 9.62. The third-order valence-corrected chi connectivity index (χ3v) is 5.28. The van der Waals surface area contributed by atoms with E-state index in [4.69, 9.17) is 11.6 Å². The van der Waals surface area contributed by atoms with Gasteiger partial charge in [0.2, 0.25) is 0 Å². The summed E-state index contributed by atoms with van der Waals surface area (Å²) < 4.78 is 0.848. The van der Waals surface area contributed by atoms with Crippen LogP contribution in [0.3, 0.4) is 0 Å². The molecule has 1 heterocycles. The maximum Gasteiger partial charge on any atom is 0.257 e. The van der Waals surface area contributed by atoms with Crippen molar-refractivity contribution in [3.05, 3.63) is 88.9 Å². The first kappa shape index (κ1) is 18.2. The zero-order valence-electron chi connectivity index (χ0n) is 14.5. The lowest BCUT2D eigenvalue weighted by molar-refractivity contribution is 0.101. The molecule has 0 saturated carbocycles. The van der Waals surface area contributed by atoms with Gasteiger partial charge in [0.05, 0.1) is 20.8 Å². The van der Waals surface area contributed by atoms with Gasteiger partial charge >= 0.3 is 0 Å². The van der Waals surface area contributed by atoms with Gasteiger partial charge in [-0.1, -0.05) is 53.3 Å². The summed E-state index contributed by atoms with van der Waals surface area (Å²) in [6.07, 6.45) is 0. The first-order valence-electron chi connectivity index (χ1n) is 8.43. The summed E-state index contributed by atoms with van der Waals surface area (Å²) in [5, 5.41) is 6.53. The van der Waals surface area contributed by atoms with E-state index in [-0.39, 0.29) is 11.8 Å². The van der Waals surface area contributed by atoms with Gasteiger partial charge in [-0.05, 0) is 42.5 Å². The van der Waals surface area contributed by atoms with E-state index in [0.717, 1.165) is 10.2 Å². The number of rotatable bonds is 4. The molecule has 0 spiro atoms. The van der Waals surface area contributed by atoms with Crippen LogP contribution in [0.4, 0.5) is 10.8 Å². The molecule has 3 aromatic carbocycles. The van der Waals surface area contributed by atoms with E-state index in [2.05, 4.69) is 15.6 Å². The molecule has 0 aliphatic rings. The van der Waals surface area contributed by atoms with E-state index in [0.29, 0.717) is 27.0 Å². The van der Waals surface area contributed by atoms with Crippen LogP contribution in [0.2, 0.25) is 5.02 Å². The SMILES string of the molecule is O=C(Nc1nc2ccc(NC(=O)c3ccccc3Cl)cc2s1)c1ccccc1. The average Bonchev–Trinajstić information content (AvgIpc) is 3.10. The van der Waals surface area contributed by atoms with Crippen molar-refractivity contribution in [3.8, 4) is 0 Å². The van der Waals surface area contributed by atoms with Gasteiger partial charge in [0.25, 0.3) is 11.8 Å². The molecule has 5 nitrogen and oxygen atoms in total. The highest BCUT2D eigenvalue weighted by Gasteiger charge is 2.12. The molecule has 0 saturated heterocycles. The van der Waals surface area contributed by atoms with Crippen LogP contribution >= 0.6 is 22.9 Å². The predicted octanol–water partition coefficient (Wildman–Crippen LogP) is 5.45. The van der Waals surface area contributed by atoms with Gasteiger partial charge in [0.15, 0.2) is 5.13 Å². The van der Waals surface area contributed by atoms with E-state index < -0.39 is 0 Å². The molecule has 0 atom stereocenters. The molecule has 138 valence electrons. The standard InChI is InChI=1S/C21H14ClN3O2S/c22-16-9-5-4-8-15(16)20(27)23-14-10-11-17-18(12-14)28-21(24-17)25-19(26)13-6-2-1-3-7-13/h1-12H,(H,23,27)(H,24,25,26). The minimum atomic E-state index is -0.285. The van der Waals surface area contributed by atoms with Crippen molar-refractivity contribution in [1.29, 1.82) is 0 Å². The number of hydrogen-bond donors (Lipinski definition) is 2. The smallest absolute Gasteiger partial charge is 0.257 e. The maximum absolute atomic E-state index is 12.4. The van der Waals surface area contributed by atoms with Crippen LogP contribution in [0, 0.1) is 0 Å². The monoisotopic (exact) mass is 407 g/mol. The summed E-state index contributed by atoms with van der Waals surface area (Å²) in [4.78, 5) is 29.1. The number of halogens is 1. The number of fused-ring (bicyclic) bond motifs is 1. The second kappa shape index (κ2) is 7.80. The Labute approximate surface area is 170 Å². The highest BCUT2D eigenvalue weighted by atomic mass is 35.5. The zero-order chi connectivity index (χ0) is 19.5. The van der Waals surface area contributed by atoms with Crippen molar-refractivity contribution in [2.24, 2.45) is 0 Å². The molecule has 0 aliphatic carbocycles. The van der Waals surface area contributed by atoms with Gasteiger partial charge in [-0.15, -0.1) is 0 Å². The molecular weight excluding hydrogens is 394 g/mol. The summed E-state index contributed by atoms with van der Waals surface area (Å²) in [5.41, 5.74) is 2.34. The quantitative estimate of drug-likeness (QED) is 0.472. The maximum atomic E-state index is 12.4. The van der Waals surface area contributed by atoms with Crippen LogP contribution in [0.15, 0.2) is 72.8 Å². The lowest BCUT2D eigenvalue weighted by atomic mass is 10.2. The molecule has 28 heavy (non-hydrogen) atoms. The molecular formula is C21H14ClN3O2S.